The van der Waals surface area contributed by atoms with Gasteiger partial charge in [-0.25, -0.2) is 0 Å². The van der Waals surface area contributed by atoms with Gasteiger partial charge in [0, 0.05) is 33.4 Å². The Hall–Kier alpha value is -0.820. The molecule has 1 aromatic rings. The molecule has 0 aliphatic rings. The van der Waals surface area contributed by atoms with Crippen LogP contribution >= 0.6 is 24.0 Å². The standard InChI is InChI=1S/C19H33N3O.HI/c1-5-23-14-10-9-13-21-18(20-4)22-16-19(2,3)15-17-11-7-6-8-12-17;/h6-8,11-12H,5,9-10,13-16H2,1-4H3,(H2,20,21,22);1H. The SMILES string of the molecule is CCOCCCCNC(=NC)NCC(C)(C)Cc1ccccc1.I. The van der Waals surface area contributed by atoms with Crippen LogP contribution in [-0.4, -0.2) is 39.3 Å². The molecule has 0 aliphatic heterocycles. The van der Waals surface area contributed by atoms with E-state index in [2.05, 4.69) is 59.8 Å². The molecule has 0 spiro atoms. The van der Waals surface area contributed by atoms with E-state index in [1.807, 2.05) is 14.0 Å². The second-order valence-electron chi connectivity index (χ2n) is 6.58. The Morgan fingerprint density at radius 1 is 1.12 bits per heavy atom. The Bertz CT molecular complexity index is 449. The zero-order chi connectivity index (χ0) is 17.0. The monoisotopic (exact) mass is 447 g/mol. The third-order valence-corrected chi connectivity index (χ3v) is 3.70. The average molecular weight is 447 g/mol. The van der Waals surface area contributed by atoms with E-state index in [0.717, 1.165) is 51.5 Å². The molecule has 5 heteroatoms. The van der Waals surface area contributed by atoms with Crippen molar-refractivity contribution in [1.82, 2.24) is 10.6 Å². The van der Waals surface area contributed by atoms with Gasteiger partial charge >= 0.3 is 0 Å². The van der Waals surface area contributed by atoms with E-state index in [1.165, 1.54) is 5.56 Å². The second kappa shape index (κ2) is 13.5. The lowest BCUT2D eigenvalue weighted by atomic mass is 9.86. The summed E-state index contributed by atoms with van der Waals surface area (Å²) in [5, 5.41) is 6.81. The van der Waals surface area contributed by atoms with Crippen LogP contribution in [0, 0.1) is 5.41 Å². The summed E-state index contributed by atoms with van der Waals surface area (Å²) in [6.45, 7) is 10.0. The molecule has 24 heavy (non-hydrogen) atoms. The number of hydrogen-bond acceptors (Lipinski definition) is 2. The highest BCUT2D eigenvalue weighted by Crippen LogP contribution is 2.20. The molecule has 0 heterocycles. The first-order chi connectivity index (χ1) is 11.1. The summed E-state index contributed by atoms with van der Waals surface area (Å²) >= 11 is 0. The van der Waals surface area contributed by atoms with Gasteiger partial charge in [0.15, 0.2) is 5.96 Å². The highest BCUT2D eigenvalue weighted by molar-refractivity contribution is 14.0. The molecular formula is C19H34IN3O. The molecule has 0 radical (unpaired) electrons. The highest BCUT2D eigenvalue weighted by Gasteiger charge is 2.18. The normalized spacial score (nSPS) is 11.8. The second-order valence-corrected chi connectivity index (χ2v) is 6.58. The number of guanidine groups is 1. The molecule has 0 unspecified atom stereocenters. The van der Waals surface area contributed by atoms with Gasteiger partial charge in [0.2, 0.25) is 0 Å². The van der Waals surface area contributed by atoms with Gasteiger partial charge in [0.25, 0.3) is 0 Å². The number of nitrogens with one attached hydrogen (secondary N) is 2. The van der Waals surface area contributed by atoms with E-state index in [4.69, 9.17) is 4.74 Å². The summed E-state index contributed by atoms with van der Waals surface area (Å²) in [5.41, 5.74) is 1.55. The Morgan fingerprint density at radius 2 is 1.83 bits per heavy atom. The summed E-state index contributed by atoms with van der Waals surface area (Å²) in [5.74, 6) is 0.877. The quantitative estimate of drug-likeness (QED) is 0.248. The van der Waals surface area contributed by atoms with Gasteiger partial charge in [-0.15, -0.1) is 24.0 Å². The molecule has 4 nitrogen and oxygen atoms in total. The molecule has 1 rings (SSSR count). The van der Waals surface area contributed by atoms with Crippen molar-refractivity contribution < 1.29 is 4.74 Å². The maximum Gasteiger partial charge on any atom is 0.190 e. The molecule has 2 N–H and O–H groups in total. The number of benzene rings is 1. The van der Waals surface area contributed by atoms with Gasteiger partial charge in [-0.2, -0.15) is 0 Å². The number of unbranched alkanes of at least 4 members (excludes halogenated alkanes) is 1. The maximum atomic E-state index is 5.34. The van der Waals surface area contributed by atoms with Crippen molar-refractivity contribution in [3.05, 3.63) is 35.9 Å². The largest absolute Gasteiger partial charge is 0.382 e. The average Bonchev–Trinajstić information content (AvgIpc) is 2.54. The number of ether oxygens (including phenoxy) is 1. The van der Waals surface area contributed by atoms with Gasteiger partial charge in [-0.05, 0) is 37.2 Å². The highest BCUT2D eigenvalue weighted by atomic mass is 127. The van der Waals surface area contributed by atoms with E-state index in [0.29, 0.717) is 0 Å². The van der Waals surface area contributed by atoms with Gasteiger partial charge in [-0.3, -0.25) is 4.99 Å². The topological polar surface area (TPSA) is 45.6 Å². The summed E-state index contributed by atoms with van der Waals surface area (Å²) < 4.78 is 5.34. The molecule has 138 valence electrons. The van der Waals surface area contributed by atoms with Crippen LogP contribution in [0.4, 0.5) is 0 Å². The summed E-state index contributed by atoms with van der Waals surface area (Å²) in [6.07, 6.45) is 3.22. The molecule has 0 saturated carbocycles. The Morgan fingerprint density at radius 3 is 2.46 bits per heavy atom. The molecule has 0 fully saturated rings. The minimum Gasteiger partial charge on any atom is -0.382 e. The predicted molar refractivity (Wildman–Crippen MR) is 114 cm³/mol. The molecule has 1 aromatic carbocycles. The fraction of sp³-hybridized carbons (Fsp3) is 0.632. The van der Waals surface area contributed by atoms with Crippen LogP contribution in [0.15, 0.2) is 35.3 Å². The van der Waals surface area contributed by atoms with Gasteiger partial charge in [0.1, 0.15) is 0 Å². The molecule has 0 aliphatic carbocycles. The molecule has 0 atom stereocenters. The van der Waals surface area contributed by atoms with Crippen molar-refractivity contribution in [1.29, 1.82) is 0 Å². The van der Waals surface area contributed by atoms with E-state index < -0.39 is 0 Å². The van der Waals surface area contributed by atoms with Crippen LogP contribution in [0.1, 0.15) is 39.2 Å². The van der Waals surface area contributed by atoms with Gasteiger partial charge in [-0.1, -0.05) is 44.2 Å². The van der Waals surface area contributed by atoms with E-state index >= 15 is 0 Å². The van der Waals surface area contributed by atoms with Gasteiger partial charge < -0.3 is 15.4 Å². The van der Waals surface area contributed by atoms with Crippen molar-refractivity contribution in [2.75, 3.05) is 33.4 Å². The minimum atomic E-state index is 0. The third kappa shape index (κ3) is 10.9. The summed E-state index contributed by atoms with van der Waals surface area (Å²) in [7, 11) is 1.82. The van der Waals surface area contributed by atoms with E-state index in [1.54, 1.807) is 0 Å². The van der Waals surface area contributed by atoms with Crippen molar-refractivity contribution >= 4 is 29.9 Å². The Kier molecular flexibility index (Phi) is 13.0. The van der Waals surface area contributed by atoms with Crippen LogP contribution < -0.4 is 10.6 Å². The lowest BCUT2D eigenvalue weighted by Crippen LogP contribution is -2.43. The summed E-state index contributed by atoms with van der Waals surface area (Å²) in [4.78, 5) is 4.30. The zero-order valence-electron chi connectivity index (χ0n) is 15.6. The van der Waals surface area contributed by atoms with Crippen LogP contribution in [0.25, 0.3) is 0 Å². The molecule has 0 amide bonds. The van der Waals surface area contributed by atoms with Crippen LogP contribution in [0.3, 0.4) is 0 Å². The first kappa shape index (κ1) is 23.2. The first-order valence-electron chi connectivity index (χ1n) is 8.63. The Labute approximate surface area is 164 Å². The lowest BCUT2D eigenvalue weighted by molar-refractivity contribution is 0.143. The molecular weight excluding hydrogens is 413 g/mol. The van der Waals surface area contributed by atoms with Crippen LogP contribution in [-0.2, 0) is 11.2 Å². The van der Waals surface area contributed by atoms with Crippen LogP contribution in [0.5, 0.6) is 0 Å². The lowest BCUT2D eigenvalue weighted by Gasteiger charge is -2.26. The van der Waals surface area contributed by atoms with Crippen LogP contribution in [0.2, 0.25) is 0 Å². The summed E-state index contributed by atoms with van der Waals surface area (Å²) in [6, 6.07) is 10.6. The van der Waals surface area contributed by atoms with Crippen molar-refractivity contribution in [2.24, 2.45) is 10.4 Å². The predicted octanol–water partition coefficient (Wildman–Crippen LogP) is 3.86. The fourth-order valence-electron chi connectivity index (χ4n) is 2.43. The number of aliphatic imine (C=N–C) groups is 1. The smallest absolute Gasteiger partial charge is 0.190 e. The van der Waals surface area contributed by atoms with E-state index in [9.17, 15) is 0 Å². The number of rotatable bonds is 10. The minimum absolute atomic E-state index is 0. The molecule has 0 saturated heterocycles. The molecule has 0 bridgehead atoms. The van der Waals surface area contributed by atoms with Crippen molar-refractivity contribution in [3.63, 3.8) is 0 Å². The number of hydrogen-bond donors (Lipinski definition) is 2. The Balaban J connectivity index is 0.00000529. The van der Waals surface area contributed by atoms with Gasteiger partial charge in [0.05, 0.1) is 0 Å². The zero-order valence-corrected chi connectivity index (χ0v) is 17.9. The fourth-order valence-corrected chi connectivity index (χ4v) is 2.43. The molecule has 0 aromatic heterocycles. The first-order valence-corrected chi connectivity index (χ1v) is 8.63. The van der Waals surface area contributed by atoms with Crippen molar-refractivity contribution in [2.45, 2.75) is 40.0 Å². The van der Waals surface area contributed by atoms with E-state index in [-0.39, 0.29) is 29.4 Å². The number of halogens is 1. The number of nitrogens with zero attached hydrogens (tertiary/aromatic N) is 1. The van der Waals surface area contributed by atoms with Crippen molar-refractivity contribution in [3.8, 4) is 0 Å². The maximum absolute atomic E-state index is 5.34. The third-order valence-electron chi connectivity index (χ3n) is 3.70.